The summed E-state index contributed by atoms with van der Waals surface area (Å²) >= 11 is 1.65. The Morgan fingerprint density at radius 2 is 1.84 bits per heavy atom. The summed E-state index contributed by atoms with van der Waals surface area (Å²) in [5.41, 5.74) is 10.4. The lowest BCUT2D eigenvalue weighted by Crippen LogP contribution is -2.20. The predicted molar refractivity (Wildman–Crippen MR) is 81.7 cm³/mol. The van der Waals surface area contributed by atoms with Gasteiger partial charge in [-0.05, 0) is 48.9 Å². The molecule has 2 nitrogen and oxygen atoms in total. The maximum atomic E-state index is 10.7. The Bertz CT molecular complexity index is 525. The normalized spacial score (nSPS) is 14.4. The van der Waals surface area contributed by atoms with Gasteiger partial charge in [0.15, 0.2) is 0 Å². The molecule has 0 bridgehead atoms. The number of aliphatic hydroxyl groups is 1. The molecule has 0 aliphatic heterocycles. The van der Waals surface area contributed by atoms with E-state index in [1.807, 2.05) is 17.5 Å². The van der Waals surface area contributed by atoms with Crippen molar-refractivity contribution < 1.29 is 5.11 Å². The molecule has 2 rings (SSSR count). The molecule has 3 heteroatoms. The van der Waals surface area contributed by atoms with Crippen LogP contribution in [0, 0.1) is 20.8 Å². The fourth-order valence-corrected chi connectivity index (χ4v) is 3.63. The summed E-state index contributed by atoms with van der Waals surface area (Å²) < 4.78 is 0. The molecule has 19 heavy (non-hydrogen) atoms. The van der Waals surface area contributed by atoms with E-state index in [2.05, 4.69) is 32.9 Å². The van der Waals surface area contributed by atoms with Crippen molar-refractivity contribution in [3.8, 4) is 0 Å². The van der Waals surface area contributed by atoms with Crippen LogP contribution in [0.5, 0.6) is 0 Å². The van der Waals surface area contributed by atoms with Crippen molar-refractivity contribution in [1.82, 2.24) is 0 Å². The minimum absolute atomic E-state index is 0.0277. The van der Waals surface area contributed by atoms with Crippen molar-refractivity contribution in [2.24, 2.45) is 5.73 Å². The molecule has 102 valence electrons. The third-order valence-electron chi connectivity index (χ3n) is 3.58. The monoisotopic (exact) mass is 275 g/mol. The molecule has 2 unspecified atom stereocenters. The lowest BCUT2D eigenvalue weighted by molar-refractivity contribution is 0.147. The first-order chi connectivity index (χ1) is 9.04. The lowest BCUT2D eigenvalue weighted by atomic mass is 9.88. The molecule has 1 aromatic heterocycles. The second kappa shape index (κ2) is 5.87. The van der Waals surface area contributed by atoms with Crippen molar-refractivity contribution in [3.63, 3.8) is 0 Å². The first kappa shape index (κ1) is 14.3. The average molecular weight is 275 g/mol. The van der Waals surface area contributed by atoms with E-state index in [0.717, 1.165) is 21.6 Å². The molecule has 3 N–H and O–H groups in total. The Morgan fingerprint density at radius 3 is 2.32 bits per heavy atom. The zero-order chi connectivity index (χ0) is 14.0. The van der Waals surface area contributed by atoms with Gasteiger partial charge >= 0.3 is 0 Å². The highest BCUT2D eigenvalue weighted by molar-refractivity contribution is 7.10. The van der Waals surface area contributed by atoms with Gasteiger partial charge in [0.05, 0.1) is 6.10 Å². The lowest BCUT2D eigenvalue weighted by Gasteiger charge is -2.24. The molecule has 0 radical (unpaired) electrons. The summed E-state index contributed by atoms with van der Waals surface area (Å²) in [7, 11) is 0. The van der Waals surface area contributed by atoms with Crippen LogP contribution in [0.4, 0.5) is 0 Å². The number of aliphatic hydroxyl groups excluding tert-OH is 1. The summed E-state index contributed by atoms with van der Waals surface area (Å²) in [6.45, 7) is 6.64. The van der Waals surface area contributed by atoms with Gasteiger partial charge in [-0.15, -0.1) is 11.3 Å². The molecule has 0 saturated carbocycles. The Labute approximate surface area is 118 Å². The van der Waals surface area contributed by atoms with Gasteiger partial charge in [0.2, 0.25) is 0 Å². The van der Waals surface area contributed by atoms with E-state index in [0.29, 0.717) is 6.54 Å². The summed E-state index contributed by atoms with van der Waals surface area (Å²) in [6, 6.07) is 8.29. The van der Waals surface area contributed by atoms with Crippen LogP contribution in [-0.4, -0.2) is 11.7 Å². The molecule has 0 aliphatic rings. The van der Waals surface area contributed by atoms with Gasteiger partial charge in [-0.25, -0.2) is 0 Å². The predicted octanol–water partition coefficient (Wildman–Crippen LogP) is 3.45. The quantitative estimate of drug-likeness (QED) is 0.897. The molecule has 2 atom stereocenters. The number of thiophene rings is 1. The van der Waals surface area contributed by atoms with Crippen molar-refractivity contribution in [1.29, 1.82) is 0 Å². The van der Waals surface area contributed by atoms with E-state index in [1.54, 1.807) is 11.3 Å². The fourth-order valence-electron chi connectivity index (χ4n) is 2.76. The van der Waals surface area contributed by atoms with Crippen molar-refractivity contribution in [2.45, 2.75) is 32.8 Å². The van der Waals surface area contributed by atoms with Gasteiger partial charge < -0.3 is 10.8 Å². The molecular weight excluding hydrogens is 254 g/mol. The first-order valence-electron chi connectivity index (χ1n) is 6.54. The highest BCUT2D eigenvalue weighted by atomic mass is 32.1. The van der Waals surface area contributed by atoms with Gasteiger partial charge in [-0.3, -0.25) is 0 Å². The van der Waals surface area contributed by atoms with Crippen molar-refractivity contribution >= 4 is 11.3 Å². The Hall–Kier alpha value is -1.16. The van der Waals surface area contributed by atoms with Gasteiger partial charge in [-0.1, -0.05) is 23.8 Å². The smallest absolute Gasteiger partial charge is 0.0883 e. The van der Waals surface area contributed by atoms with Crippen LogP contribution in [0.3, 0.4) is 0 Å². The summed E-state index contributed by atoms with van der Waals surface area (Å²) in [5, 5.41) is 12.8. The number of nitrogens with two attached hydrogens (primary N) is 1. The van der Waals surface area contributed by atoms with Crippen LogP contribution in [0.2, 0.25) is 0 Å². The van der Waals surface area contributed by atoms with Crippen LogP contribution in [-0.2, 0) is 0 Å². The molecule has 1 heterocycles. The van der Waals surface area contributed by atoms with E-state index in [1.165, 1.54) is 5.56 Å². The van der Waals surface area contributed by atoms with E-state index >= 15 is 0 Å². The maximum absolute atomic E-state index is 10.7. The highest BCUT2D eigenvalue weighted by Crippen LogP contribution is 2.36. The summed E-state index contributed by atoms with van der Waals surface area (Å²) in [4.78, 5) is 1.15. The van der Waals surface area contributed by atoms with E-state index in [4.69, 9.17) is 5.73 Å². The van der Waals surface area contributed by atoms with Gasteiger partial charge in [0.1, 0.15) is 0 Å². The third kappa shape index (κ3) is 2.89. The van der Waals surface area contributed by atoms with E-state index in [9.17, 15) is 5.11 Å². The minimum atomic E-state index is -0.538. The summed E-state index contributed by atoms with van der Waals surface area (Å²) in [6.07, 6.45) is -0.538. The molecule has 1 aromatic carbocycles. The Morgan fingerprint density at radius 1 is 1.21 bits per heavy atom. The van der Waals surface area contributed by atoms with Crippen LogP contribution < -0.4 is 5.73 Å². The van der Waals surface area contributed by atoms with Gasteiger partial charge in [0, 0.05) is 17.3 Å². The SMILES string of the molecule is Cc1cc(C)c(C(O)C(CN)c2cccs2)c(C)c1. The number of aryl methyl sites for hydroxylation is 3. The summed E-state index contributed by atoms with van der Waals surface area (Å²) in [5.74, 6) is -0.0277. The maximum Gasteiger partial charge on any atom is 0.0883 e. The Kier molecular flexibility index (Phi) is 4.40. The minimum Gasteiger partial charge on any atom is -0.388 e. The molecule has 0 fully saturated rings. The number of hydrogen-bond donors (Lipinski definition) is 2. The van der Waals surface area contributed by atoms with Crippen LogP contribution in [0.15, 0.2) is 29.6 Å². The number of benzene rings is 1. The average Bonchev–Trinajstić information content (AvgIpc) is 2.82. The topological polar surface area (TPSA) is 46.2 Å². The van der Waals surface area contributed by atoms with Gasteiger partial charge in [0.25, 0.3) is 0 Å². The molecule has 0 aliphatic carbocycles. The highest BCUT2D eigenvalue weighted by Gasteiger charge is 2.25. The second-order valence-corrected chi connectivity index (χ2v) is 6.09. The zero-order valence-electron chi connectivity index (χ0n) is 11.7. The number of hydrogen-bond acceptors (Lipinski definition) is 3. The molecular formula is C16H21NOS. The van der Waals surface area contributed by atoms with Crippen LogP contribution >= 0.6 is 11.3 Å². The largest absolute Gasteiger partial charge is 0.388 e. The molecule has 2 aromatic rings. The zero-order valence-corrected chi connectivity index (χ0v) is 12.5. The molecule has 0 saturated heterocycles. The second-order valence-electron chi connectivity index (χ2n) is 5.11. The third-order valence-corrected chi connectivity index (χ3v) is 4.58. The van der Waals surface area contributed by atoms with Crippen LogP contribution in [0.25, 0.3) is 0 Å². The fraction of sp³-hybridized carbons (Fsp3) is 0.375. The van der Waals surface area contributed by atoms with Crippen LogP contribution in [0.1, 0.15) is 39.2 Å². The van der Waals surface area contributed by atoms with E-state index in [-0.39, 0.29) is 5.92 Å². The molecule has 0 amide bonds. The number of rotatable bonds is 4. The Balaban J connectivity index is 2.41. The van der Waals surface area contributed by atoms with Crippen molar-refractivity contribution in [2.75, 3.05) is 6.54 Å². The standard InChI is InChI=1S/C16H21NOS/c1-10-7-11(2)15(12(3)8-10)16(18)13(9-17)14-5-4-6-19-14/h4-8,13,16,18H,9,17H2,1-3H3. The van der Waals surface area contributed by atoms with Crippen molar-refractivity contribution in [3.05, 3.63) is 56.8 Å². The molecule has 0 spiro atoms. The van der Waals surface area contributed by atoms with Gasteiger partial charge in [-0.2, -0.15) is 0 Å². The first-order valence-corrected chi connectivity index (χ1v) is 7.41. The van der Waals surface area contributed by atoms with E-state index < -0.39 is 6.10 Å².